The first-order valence-electron chi connectivity index (χ1n) is 5.94. The molecule has 1 aromatic carbocycles. The van der Waals surface area contributed by atoms with Crippen LogP contribution >= 0.6 is 15.9 Å². The number of amides is 1. The Hall–Kier alpha value is -1.07. The Morgan fingerprint density at radius 1 is 1.44 bits per heavy atom. The molecule has 0 unspecified atom stereocenters. The van der Waals surface area contributed by atoms with Gasteiger partial charge in [0.2, 0.25) is 0 Å². The molecule has 18 heavy (non-hydrogen) atoms. The quantitative estimate of drug-likeness (QED) is 0.818. The van der Waals surface area contributed by atoms with Crippen molar-refractivity contribution < 1.29 is 4.79 Å². The van der Waals surface area contributed by atoms with Gasteiger partial charge in [0.1, 0.15) is 0 Å². The molecule has 0 fully saturated rings. The van der Waals surface area contributed by atoms with Crippen molar-refractivity contribution in [3.8, 4) is 0 Å². The van der Waals surface area contributed by atoms with Crippen LogP contribution < -0.4 is 11.1 Å². The summed E-state index contributed by atoms with van der Waals surface area (Å²) in [7, 11) is 2.04. The topological polar surface area (TPSA) is 58.4 Å². The lowest BCUT2D eigenvalue weighted by Crippen LogP contribution is -2.36. The van der Waals surface area contributed by atoms with Crippen LogP contribution in [0.4, 0.5) is 5.69 Å². The number of benzene rings is 1. The van der Waals surface area contributed by atoms with Gasteiger partial charge in [-0.1, -0.05) is 15.9 Å². The van der Waals surface area contributed by atoms with Gasteiger partial charge >= 0.3 is 0 Å². The lowest BCUT2D eigenvalue weighted by Gasteiger charge is -2.20. The minimum absolute atomic E-state index is 0.0971. The molecule has 0 saturated heterocycles. The molecule has 0 aliphatic heterocycles. The first kappa shape index (κ1) is 15.0. The SMILES string of the molecule is CC(C)N(C)CCNC(=O)c1cc(N)cc(Br)c1. The summed E-state index contributed by atoms with van der Waals surface area (Å²) in [6, 6.07) is 5.68. The van der Waals surface area contributed by atoms with Crippen molar-refractivity contribution in [2.45, 2.75) is 19.9 Å². The summed E-state index contributed by atoms with van der Waals surface area (Å²) in [5.41, 5.74) is 6.85. The van der Waals surface area contributed by atoms with Gasteiger partial charge < -0.3 is 16.0 Å². The third kappa shape index (κ3) is 4.66. The molecule has 5 heteroatoms. The van der Waals surface area contributed by atoms with Crippen LogP contribution in [-0.4, -0.2) is 37.0 Å². The number of hydrogen-bond acceptors (Lipinski definition) is 3. The first-order chi connectivity index (χ1) is 8.40. The largest absolute Gasteiger partial charge is 0.399 e. The summed E-state index contributed by atoms with van der Waals surface area (Å²) >= 11 is 3.32. The van der Waals surface area contributed by atoms with Crippen LogP contribution in [0.5, 0.6) is 0 Å². The number of carbonyl (C=O) groups excluding carboxylic acids is 1. The van der Waals surface area contributed by atoms with Crippen LogP contribution in [0.1, 0.15) is 24.2 Å². The Morgan fingerprint density at radius 2 is 2.11 bits per heavy atom. The standard InChI is InChI=1S/C13H20BrN3O/c1-9(2)17(3)5-4-16-13(18)10-6-11(14)8-12(15)7-10/h6-9H,4-5,15H2,1-3H3,(H,16,18). The van der Waals surface area contributed by atoms with Gasteiger partial charge in [0.25, 0.3) is 5.91 Å². The van der Waals surface area contributed by atoms with E-state index in [0.29, 0.717) is 23.8 Å². The molecular weight excluding hydrogens is 294 g/mol. The lowest BCUT2D eigenvalue weighted by atomic mass is 10.2. The average Bonchev–Trinajstić information content (AvgIpc) is 2.27. The Balaban J connectivity index is 2.50. The van der Waals surface area contributed by atoms with Crippen molar-refractivity contribution >= 4 is 27.5 Å². The maximum atomic E-state index is 11.9. The number of nitrogens with one attached hydrogen (secondary N) is 1. The highest BCUT2D eigenvalue weighted by molar-refractivity contribution is 9.10. The van der Waals surface area contributed by atoms with Crippen LogP contribution in [0.3, 0.4) is 0 Å². The highest BCUT2D eigenvalue weighted by atomic mass is 79.9. The van der Waals surface area contributed by atoms with Gasteiger partial charge in [-0.2, -0.15) is 0 Å². The second-order valence-corrected chi connectivity index (χ2v) is 5.52. The molecule has 0 atom stereocenters. The Kier molecular flexibility index (Phi) is 5.62. The van der Waals surface area contributed by atoms with E-state index in [1.807, 2.05) is 7.05 Å². The molecule has 100 valence electrons. The molecule has 0 aromatic heterocycles. The van der Waals surface area contributed by atoms with Crippen LogP contribution in [-0.2, 0) is 0 Å². The van der Waals surface area contributed by atoms with E-state index < -0.39 is 0 Å². The molecule has 0 bridgehead atoms. The van der Waals surface area contributed by atoms with Gasteiger partial charge in [-0.3, -0.25) is 4.79 Å². The van der Waals surface area contributed by atoms with E-state index in [-0.39, 0.29) is 5.91 Å². The molecular formula is C13H20BrN3O. The second kappa shape index (κ2) is 6.75. The maximum absolute atomic E-state index is 11.9. The average molecular weight is 314 g/mol. The monoisotopic (exact) mass is 313 g/mol. The highest BCUT2D eigenvalue weighted by Gasteiger charge is 2.08. The van der Waals surface area contributed by atoms with E-state index in [1.165, 1.54) is 0 Å². The number of nitrogens with zero attached hydrogens (tertiary/aromatic N) is 1. The summed E-state index contributed by atoms with van der Waals surface area (Å²) in [6.07, 6.45) is 0. The van der Waals surface area contributed by atoms with E-state index in [9.17, 15) is 4.79 Å². The van der Waals surface area contributed by atoms with Crippen molar-refractivity contribution in [1.82, 2.24) is 10.2 Å². The van der Waals surface area contributed by atoms with Gasteiger partial charge in [-0.15, -0.1) is 0 Å². The Bertz CT molecular complexity index is 400. The number of hydrogen-bond donors (Lipinski definition) is 2. The van der Waals surface area contributed by atoms with E-state index in [1.54, 1.807) is 18.2 Å². The van der Waals surface area contributed by atoms with Crippen molar-refractivity contribution in [1.29, 1.82) is 0 Å². The van der Waals surface area contributed by atoms with Gasteiger partial charge in [0.05, 0.1) is 0 Å². The minimum atomic E-state index is -0.0971. The summed E-state index contributed by atoms with van der Waals surface area (Å²) < 4.78 is 0.812. The Morgan fingerprint density at radius 3 is 2.67 bits per heavy atom. The third-order valence-corrected chi connectivity index (χ3v) is 3.27. The fourth-order valence-electron chi connectivity index (χ4n) is 1.45. The molecule has 0 heterocycles. The van der Waals surface area contributed by atoms with Crippen molar-refractivity contribution in [3.05, 3.63) is 28.2 Å². The molecule has 4 nitrogen and oxygen atoms in total. The molecule has 0 spiro atoms. The molecule has 0 radical (unpaired) electrons. The molecule has 1 rings (SSSR count). The van der Waals surface area contributed by atoms with Crippen LogP contribution in [0.15, 0.2) is 22.7 Å². The fraction of sp³-hybridized carbons (Fsp3) is 0.462. The van der Waals surface area contributed by atoms with Crippen molar-refractivity contribution in [3.63, 3.8) is 0 Å². The molecule has 0 aliphatic rings. The number of nitrogens with two attached hydrogens (primary N) is 1. The predicted molar refractivity (Wildman–Crippen MR) is 78.7 cm³/mol. The predicted octanol–water partition coefficient (Wildman–Crippen LogP) is 2.10. The number of likely N-dealkylation sites (N-methyl/N-ethyl adjacent to an activating group) is 1. The van der Waals surface area contributed by atoms with Crippen LogP contribution in [0.2, 0.25) is 0 Å². The number of nitrogen functional groups attached to an aromatic ring is 1. The van der Waals surface area contributed by atoms with Crippen molar-refractivity contribution in [2.75, 3.05) is 25.9 Å². The number of halogens is 1. The summed E-state index contributed by atoms with van der Waals surface area (Å²) in [5.74, 6) is -0.0971. The minimum Gasteiger partial charge on any atom is -0.399 e. The Labute approximate surface area is 117 Å². The third-order valence-electron chi connectivity index (χ3n) is 2.81. The zero-order valence-corrected chi connectivity index (χ0v) is 12.6. The van der Waals surface area contributed by atoms with E-state index in [2.05, 4.69) is 40.0 Å². The van der Waals surface area contributed by atoms with Gasteiger partial charge in [0, 0.05) is 34.9 Å². The summed E-state index contributed by atoms with van der Waals surface area (Å²) in [5, 5.41) is 2.88. The van der Waals surface area contributed by atoms with E-state index in [0.717, 1.165) is 11.0 Å². The molecule has 3 N–H and O–H groups in total. The first-order valence-corrected chi connectivity index (χ1v) is 6.74. The normalized spacial score (nSPS) is 11.0. The van der Waals surface area contributed by atoms with Gasteiger partial charge in [-0.25, -0.2) is 0 Å². The van der Waals surface area contributed by atoms with Gasteiger partial charge in [-0.05, 0) is 39.1 Å². The zero-order chi connectivity index (χ0) is 13.7. The summed E-state index contributed by atoms with van der Waals surface area (Å²) in [4.78, 5) is 14.1. The van der Waals surface area contributed by atoms with Crippen LogP contribution in [0.25, 0.3) is 0 Å². The van der Waals surface area contributed by atoms with Crippen molar-refractivity contribution in [2.24, 2.45) is 0 Å². The van der Waals surface area contributed by atoms with Gasteiger partial charge in [0.15, 0.2) is 0 Å². The molecule has 1 aromatic rings. The fourth-order valence-corrected chi connectivity index (χ4v) is 1.96. The zero-order valence-electron chi connectivity index (χ0n) is 11.0. The molecule has 0 saturated carbocycles. The van der Waals surface area contributed by atoms with E-state index >= 15 is 0 Å². The maximum Gasteiger partial charge on any atom is 0.251 e. The number of carbonyl (C=O) groups is 1. The highest BCUT2D eigenvalue weighted by Crippen LogP contribution is 2.17. The second-order valence-electron chi connectivity index (χ2n) is 4.60. The molecule has 0 aliphatic carbocycles. The summed E-state index contributed by atoms with van der Waals surface area (Å²) in [6.45, 7) is 5.69. The smallest absolute Gasteiger partial charge is 0.251 e. The number of anilines is 1. The van der Waals surface area contributed by atoms with E-state index in [4.69, 9.17) is 5.73 Å². The number of rotatable bonds is 5. The molecule has 1 amide bonds. The van der Waals surface area contributed by atoms with Crippen LogP contribution in [0, 0.1) is 0 Å². The lowest BCUT2D eigenvalue weighted by molar-refractivity contribution is 0.0948.